The van der Waals surface area contributed by atoms with E-state index in [1.54, 1.807) is 42.2 Å². The molecule has 0 saturated carbocycles. The number of hydrogen-bond donors (Lipinski definition) is 2. The molecule has 1 fully saturated rings. The van der Waals surface area contributed by atoms with E-state index in [1.165, 1.54) is 0 Å². The molecular formula is C23H24N4O4. The van der Waals surface area contributed by atoms with Gasteiger partial charge in [0.2, 0.25) is 0 Å². The van der Waals surface area contributed by atoms with Gasteiger partial charge in [-0.05, 0) is 30.7 Å². The first-order valence-corrected chi connectivity index (χ1v) is 9.89. The second-order valence-electron chi connectivity index (χ2n) is 6.84. The summed E-state index contributed by atoms with van der Waals surface area (Å²) in [6, 6.07) is 16.2. The van der Waals surface area contributed by atoms with Crippen LogP contribution in [0, 0.1) is 0 Å². The first kappa shape index (κ1) is 21.9. The van der Waals surface area contributed by atoms with Crippen LogP contribution in [0.25, 0.3) is 6.08 Å². The Bertz CT molecular complexity index is 996. The van der Waals surface area contributed by atoms with Crippen LogP contribution >= 0.6 is 0 Å². The zero-order valence-corrected chi connectivity index (χ0v) is 17.2. The quantitative estimate of drug-likeness (QED) is 0.440. The first-order valence-electron chi connectivity index (χ1n) is 9.89. The Morgan fingerprint density at radius 3 is 2.39 bits per heavy atom. The summed E-state index contributed by atoms with van der Waals surface area (Å²) in [5, 5.41) is 6.41. The maximum Gasteiger partial charge on any atom is 0.329 e. The molecule has 3 amide bonds. The van der Waals surface area contributed by atoms with Gasteiger partial charge in [0.15, 0.2) is 0 Å². The van der Waals surface area contributed by atoms with E-state index in [-0.39, 0.29) is 11.6 Å². The molecular weight excluding hydrogens is 396 g/mol. The van der Waals surface area contributed by atoms with Crippen molar-refractivity contribution >= 4 is 35.2 Å². The number of nitrogens with one attached hydrogen (secondary N) is 2. The van der Waals surface area contributed by atoms with Crippen molar-refractivity contribution in [3.8, 4) is 0 Å². The molecule has 2 N–H and O–H groups in total. The number of para-hydroxylation sites is 1. The molecule has 0 bridgehead atoms. The van der Waals surface area contributed by atoms with E-state index in [4.69, 9.17) is 4.74 Å². The number of hydrazone groups is 1. The highest BCUT2D eigenvalue weighted by molar-refractivity contribution is 6.40. The number of ether oxygens (including phenoxy) is 1. The number of rotatable bonds is 5. The second-order valence-corrected chi connectivity index (χ2v) is 6.84. The van der Waals surface area contributed by atoms with Crippen molar-refractivity contribution in [3.63, 3.8) is 0 Å². The van der Waals surface area contributed by atoms with Gasteiger partial charge in [-0.2, -0.15) is 5.10 Å². The van der Waals surface area contributed by atoms with Gasteiger partial charge in [0.05, 0.1) is 30.2 Å². The van der Waals surface area contributed by atoms with Gasteiger partial charge in [0, 0.05) is 13.1 Å². The third kappa shape index (κ3) is 6.35. The van der Waals surface area contributed by atoms with Crippen molar-refractivity contribution in [1.82, 2.24) is 10.3 Å². The maximum atomic E-state index is 12.8. The maximum absolute atomic E-state index is 12.8. The van der Waals surface area contributed by atoms with Crippen molar-refractivity contribution in [1.29, 1.82) is 0 Å². The highest BCUT2D eigenvalue weighted by Gasteiger charge is 2.22. The lowest BCUT2D eigenvalue weighted by Gasteiger charge is -2.27. The van der Waals surface area contributed by atoms with Crippen LogP contribution in [-0.4, -0.2) is 54.6 Å². The number of allylic oxidation sites excluding steroid dienone is 1. The number of hydrogen-bond acceptors (Lipinski definition) is 5. The number of anilines is 1. The Labute approximate surface area is 180 Å². The third-order valence-corrected chi connectivity index (χ3v) is 4.56. The van der Waals surface area contributed by atoms with Gasteiger partial charge in [-0.1, -0.05) is 48.5 Å². The summed E-state index contributed by atoms with van der Waals surface area (Å²) < 4.78 is 5.27. The standard InChI is InChI=1S/C23H24N4O4/c1-17(11-12-18-7-3-2-4-8-18)25-26-22(29)21(28)24-20-10-6-5-9-19(20)23(30)27-13-15-31-16-14-27/h2-12H,13-16H2,1H3,(H,24,28)(H,26,29)/b12-11+,25-17-. The zero-order chi connectivity index (χ0) is 22.1. The van der Waals surface area contributed by atoms with E-state index in [0.717, 1.165) is 5.56 Å². The summed E-state index contributed by atoms with van der Waals surface area (Å²) in [5.41, 5.74) is 4.32. The van der Waals surface area contributed by atoms with Crippen LogP contribution in [0.15, 0.2) is 65.8 Å². The van der Waals surface area contributed by atoms with E-state index in [2.05, 4.69) is 15.8 Å². The number of nitrogens with zero attached hydrogens (tertiary/aromatic N) is 2. The second kappa shape index (κ2) is 10.8. The van der Waals surface area contributed by atoms with E-state index in [1.807, 2.05) is 36.4 Å². The molecule has 0 aliphatic carbocycles. The molecule has 0 atom stereocenters. The largest absolute Gasteiger partial charge is 0.378 e. The van der Waals surface area contributed by atoms with Gasteiger partial charge in [0.25, 0.3) is 5.91 Å². The minimum absolute atomic E-state index is 0.223. The molecule has 0 spiro atoms. The van der Waals surface area contributed by atoms with Crippen LogP contribution in [0.4, 0.5) is 5.69 Å². The summed E-state index contributed by atoms with van der Waals surface area (Å²) >= 11 is 0. The van der Waals surface area contributed by atoms with Gasteiger partial charge in [-0.25, -0.2) is 5.43 Å². The molecule has 2 aromatic carbocycles. The van der Waals surface area contributed by atoms with Crippen LogP contribution < -0.4 is 10.7 Å². The van der Waals surface area contributed by atoms with Crippen molar-refractivity contribution in [2.45, 2.75) is 6.92 Å². The van der Waals surface area contributed by atoms with E-state index in [9.17, 15) is 14.4 Å². The lowest BCUT2D eigenvalue weighted by molar-refractivity contribution is -0.136. The molecule has 3 rings (SSSR count). The predicted octanol–water partition coefficient (Wildman–Crippen LogP) is 2.30. The van der Waals surface area contributed by atoms with Gasteiger partial charge in [-0.15, -0.1) is 0 Å². The average Bonchev–Trinajstić information content (AvgIpc) is 2.82. The normalized spacial score (nSPS) is 14.4. The van der Waals surface area contributed by atoms with E-state index < -0.39 is 11.8 Å². The summed E-state index contributed by atoms with van der Waals surface area (Å²) in [6.07, 6.45) is 3.57. The molecule has 1 saturated heterocycles. The Balaban J connectivity index is 1.60. The van der Waals surface area contributed by atoms with Gasteiger partial charge in [-0.3, -0.25) is 14.4 Å². The first-order chi connectivity index (χ1) is 15.0. The van der Waals surface area contributed by atoms with Gasteiger partial charge >= 0.3 is 11.8 Å². The summed E-state index contributed by atoms with van der Waals surface area (Å²) in [6.45, 7) is 3.60. The molecule has 1 aliphatic heterocycles. The zero-order valence-electron chi connectivity index (χ0n) is 17.2. The van der Waals surface area contributed by atoms with Crippen molar-refractivity contribution < 1.29 is 19.1 Å². The number of carbonyl (C=O) groups is 3. The SMILES string of the molecule is CC(/C=C/c1ccccc1)=N/NC(=O)C(=O)Nc1ccccc1C(=O)N1CCOCC1. The van der Waals surface area contributed by atoms with Crippen molar-refractivity contribution in [2.24, 2.45) is 5.10 Å². The highest BCUT2D eigenvalue weighted by atomic mass is 16.5. The molecule has 8 heteroatoms. The molecule has 0 unspecified atom stereocenters. The topological polar surface area (TPSA) is 100 Å². The number of amides is 3. The Hall–Kier alpha value is -3.78. The van der Waals surface area contributed by atoms with Crippen LogP contribution in [0.3, 0.4) is 0 Å². The van der Waals surface area contributed by atoms with E-state index in [0.29, 0.717) is 37.6 Å². The van der Waals surface area contributed by atoms with Crippen molar-refractivity contribution in [3.05, 3.63) is 71.8 Å². The molecule has 1 aliphatic rings. The van der Waals surface area contributed by atoms with E-state index >= 15 is 0 Å². The molecule has 2 aromatic rings. The molecule has 0 aromatic heterocycles. The fourth-order valence-corrected chi connectivity index (χ4v) is 2.90. The Morgan fingerprint density at radius 2 is 1.65 bits per heavy atom. The Kier molecular flexibility index (Phi) is 7.67. The van der Waals surface area contributed by atoms with Crippen molar-refractivity contribution in [2.75, 3.05) is 31.6 Å². The smallest absolute Gasteiger partial charge is 0.329 e. The number of carbonyl (C=O) groups excluding carboxylic acids is 3. The molecule has 0 radical (unpaired) electrons. The van der Waals surface area contributed by atoms with Crippen LogP contribution in [0.1, 0.15) is 22.8 Å². The summed E-state index contributed by atoms with van der Waals surface area (Å²) in [7, 11) is 0. The number of morpholine rings is 1. The lowest BCUT2D eigenvalue weighted by Crippen LogP contribution is -2.41. The lowest BCUT2D eigenvalue weighted by atomic mass is 10.1. The third-order valence-electron chi connectivity index (χ3n) is 4.56. The predicted molar refractivity (Wildman–Crippen MR) is 119 cm³/mol. The summed E-state index contributed by atoms with van der Waals surface area (Å²) in [5.74, 6) is -2.06. The average molecular weight is 420 g/mol. The molecule has 8 nitrogen and oxygen atoms in total. The monoisotopic (exact) mass is 420 g/mol. The van der Waals surface area contributed by atoms with Gasteiger partial charge < -0.3 is 15.0 Å². The minimum Gasteiger partial charge on any atom is -0.378 e. The summed E-state index contributed by atoms with van der Waals surface area (Å²) in [4.78, 5) is 38.9. The molecule has 160 valence electrons. The fraction of sp³-hybridized carbons (Fsp3) is 0.217. The fourth-order valence-electron chi connectivity index (χ4n) is 2.90. The van der Waals surface area contributed by atoms with Crippen LogP contribution in [0.2, 0.25) is 0 Å². The number of benzene rings is 2. The molecule has 1 heterocycles. The van der Waals surface area contributed by atoms with Gasteiger partial charge in [0.1, 0.15) is 0 Å². The Morgan fingerprint density at radius 1 is 0.968 bits per heavy atom. The highest BCUT2D eigenvalue weighted by Crippen LogP contribution is 2.18. The molecule has 31 heavy (non-hydrogen) atoms. The van der Waals surface area contributed by atoms with Crippen LogP contribution in [0.5, 0.6) is 0 Å². The van der Waals surface area contributed by atoms with Crippen LogP contribution in [-0.2, 0) is 14.3 Å². The minimum atomic E-state index is -0.930.